The van der Waals surface area contributed by atoms with Gasteiger partial charge in [-0.3, -0.25) is 9.59 Å². The van der Waals surface area contributed by atoms with Gasteiger partial charge >= 0.3 is 0 Å². The zero-order valence-electron chi connectivity index (χ0n) is 15.5. The number of hydrogen-bond acceptors (Lipinski definition) is 8. The quantitative estimate of drug-likeness (QED) is 0.465. The Hall–Kier alpha value is -4.21. The van der Waals surface area contributed by atoms with E-state index in [9.17, 15) is 9.59 Å². The second-order valence-electron chi connectivity index (χ2n) is 6.15. The topological polar surface area (TPSA) is 172 Å². The van der Waals surface area contributed by atoms with Crippen molar-refractivity contribution < 1.29 is 14.3 Å². The molecule has 0 bridgehead atoms. The van der Waals surface area contributed by atoms with Crippen molar-refractivity contribution in [2.45, 2.75) is 13.0 Å². The van der Waals surface area contributed by atoms with Crippen molar-refractivity contribution in [2.24, 2.45) is 11.5 Å². The Labute approximate surface area is 166 Å². The lowest BCUT2D eigenvalue weighted by atomic mass is 10.2. The minimum atomic E-state index is -0.724. The highest BCUT2D eigenvalue weighted by molar-refractivity contribution is 5.92. The first-order chi connectivity index (χ1) is 13.8. The number of pyridine rings is 1. The highest BCUT2D eigenvalue weighted by Crippen LogP contribution is 2.24. The van der Waals surface area contributed by atoms with Gasteiger partial charge in [-0.1, -0.05) is 0 Å². The molecule has 29 heavy (non-hydrogen) atoms. The molecule has 0 spiro atoms. The number of nitrogens with one attached hydrogen (secondary N) is 1. The third-order valence-corrected chi connectivity index (χ3v) is 3.86. The second kappa shape index (κ2) is 8.21. The van der Waals surface area contributed by atoms with Gasteiger partial charge in [-0.05, 0) is 37.3 Å². The Bertz CT molecular complexity index is 1040. The van der Waals surface area contributed by atoms with E-state index in [1.54, 1.807) is 43.3 Å². The molecule has 3 aromatic rings. The molecular formula is C19H19N7O3. The molecule has 0 aliphatic carbocycles. The van der Waals surface area contributed by atoms with E-state index in [2.05, 4.69) is 20.3 Å². The highest BCUT2D eigenvalue weighted by atomic mass is 16.5. The maximum Gasteiger partial charge on any atom is 0.267 e. The molecule has 0 saturated heterocycles. The Morgan fingerprint density at radius 2 is 1.79 bits per heavy atom. The normalized spacial score (nSPS) is 11.5. The summed E-state index contributed by atoms with van der Waals surface area (Å²) in [7, 11) is 0. The van der Waals surface area contributed by atoms with E-state index >= 15 is 0 Å². The molecule has 0 radical (unpaired) electrons. The number of hydrogen-bond donors (Lipinski definition) is 4. The van der Waals surface area contributed by atoms with Crippen LogP contribution in [0.15, 0.2) is 48.7 Å². The summed E-state index contributed by atoms with van der Waals surface area (Å²) in [6.45, 7) is 1.57. The summed E-state index contributed by atoms with van der Waals surface area (Å²) in [4.78, 5) is 35.5. The van der Waals surface area contributed by atoms with Crippen molar-refractivity contribution in [1.82, 2.24) is 15.0 Å². The van der Waals surface area contributed by atoms with E-state index in [0.717, 1.165) is 0 Å². The van der Waals surface area contributed by atoms with Crippen LogP contribution in [0.2, 0.25) is 0 Å². The molecule has 10 heteroatoms. The van der Waals surface area contributed by atoms with Crippen molar-refractivity contribution in [1.29, 1.82) is 0 Å². The Balaban J connectivity index is 1.86. The number of nitrogen functional groups attached to an aromatic ring is 1. The molecule has 2 heterocycles. The lowest BCUT2D eigenvalue weighted by molar-refractivity contribution is -0.118. The number of rotatable bonds is 7. The predicted molar refractivity (Wildman–Crippen MR) is 107 cm³/mol. The van der Waals surface area contributed by atoms with Crippen LogP contribution in [0.1, 0.15) is 17.4 Å². The van der Waals surface area contributed by atoms with Crippen molar-refractivity contribution in [3.8, 4) is 23.0 Å². The predicted octanol–water partition coefficient (Wildman–Crippen LogP) is 1.30. The molecule has 0 aliphatic rings. The summed E-state index contributed by atoms with van der Waals surface area (Å²) in [6.07, 6.45) is 1.49. The van der Waals surface area contributed by atoms with Crippen LogP contribution in [0.4, 0.5) is 11.5 Å². The molecule has 0 aliphatic heterocycles. The van der Waals surface area contributed by atoms with E-state index in [4.69, 9.17) is 21.9 Å². The molecule has 3 rings (SSSR count). The van der Waals surface area contributed by atoms with Crippen LogP contribution < -0.4 is 27.3 Å². The van der Waals surface area contributed by atoms with Crippen LogP contribution in [-0.4, -0.2) is 32.8 Å². The van der Waals surface area contributed by atoms with Gasteiger partial charge in [0.1, 0.15) is 23.3 Å². The maximum absolute atomic E-state index is 11.6. The van der Waals surface area contributed by atoms with Gasteiger partial charge in [0.2, 0.25) is 11.8 Å². The van der Waals surface area contributed by atoms with Gasteiger partial charge in [0.05, 0.1) is 11.9 Å². The fourth-order valence-corrected chi connectivity index (χ4v) is 2.31. The van der Waals surface area contributed by atoms with Gasteiger partial charge in [-0.2, -0.15) is 0 Å². The molecule has 2 aromatic heterocycles. The van der Waals surface area contributed by atoms with Gasteiger partial charge in [0.25, 0.3) is 5.91 Å². The third kappa shape index (κ3) is 4.95. The highest BCUT2D eigenvalue weighted by Gasteiger charge is 2.14. The van der Waals surface area contributed by atoms with Crippen molar-refractivity contribution in [2.75, 3.05) is 11.1 Å². The van der Waals surface area contributed by atoms with Crippen LogP contribution in [0.5, 0.6) is 11.6 Å². The van der Waals surface area contributed by atoms with Crippen LogP contribution in [-0.2, 0) is 4.79 Å². The largest absolute Gasteiger partial charge is 0.439 e. The first-order valence-electron chi connectivity index (χ1n) is 8.56. The molecular weight excluding hydrogens is 374 g/mol. The summed E-state index contributed by atoms with van der Waals surface area (Å²) in [6, 6.07) is 10.8. The summed E-state index contributed by atoms with van der Waals surface area (Å²) >= 11 is 0. The standard InChI is InChI=1S/C19H19N7O3/c1-10(17(21)27)24-15-8-14(18(22)28)25-19(26-15)11-2-5-13(6-3-11)29-16-7-4-12(20)9-23-16/h2-10H,20H2,1H3,(H2,21,27)(H2,22,28)(H,24,25,26)/t10-/m0/s1. The van der Waals surface area contributed by atoms with E-state index in [1.807, 2.05) is 0 Å². The molecule has 7 N–H and O–H groups in total. The van der Waals surface area contributed by atoms with Crippen molar-refractivity contribution in [3.63, 3.8) is 0 Å². The molecule has 148 valence electrons. The number of nitrogens with zero attached hydrogens (tertiary/aromatic N) is 3. The number of carbonyl (C=O) groups is 2. The van der Waals surface area contributed by atoms with E-state index in [0.29, 0.717) is 22.9 Å². The average molecular weight is 393 g/mol. The number of ether oxygens (including phenoxy) is 1. The number of carbonyl (C=O) groups excluding carboxylic acids is 2. The first-order valence-corrected chi connectivity index (χ1v) is 8.56. The van der Waals surface area contributed by atoms with Crippen LogP contribution in [0.25, 0.3) is 11.4 Å². The Kier molecular flexibility index (Phi) is 5.54. The van der Waals surface area contributed by atoms with Gasteiger partial charge in [-0.25, -0.2) is 15.0 Å². The molecule has 1 aromatic carbocycles. The van der Waals surface area contributed by atoms with Gasteiger partial charge in [0.15, 0.2) is 5.82 Å². The van der Waals surface area contributed by atoms with Crippen molar-refractivity contribution in [3.05, 3.63) is 54.4 Å². The lowest BCUT2D eigenvalue weighted by Gasteiger charge is -2.13. The van der Waals surface area contributed by atoms with Gasteiger partial charge in [-0.15, -0.1) is 0 Å². The van der Waals surface area contributed by atoms with E-state index in [1.165, 1.54) is 12.3 Å². The van der Waals surface area contributed by atoms with Crippen LogP contribution >= 0.6 is 0 Å². The minimum Gasteiger partial charge on any atom is -0.439 e. The number of amides is 2. The number of aromatic nitrogens is 3. The Morgan fingerprint density at radius 3 is 2.38 bits per heavy atom. The zero-order valence-corrected chi connectivity index (χ0v) is 15.5. The summed E-state index contributed by atoms with van der Waals surface area (Å²) in [5, 5.41) is 2.82. The number of benzene rings is 1. The van der Waals surface area contributed by atoms with E-state index < -0.39 is 17.9 Å². The fraction of sp³-hybridized carbons (Fsp3) is 0.105. The Morgan fingerprint density at radius 1 is 1.07 bits per heavy atom. The molecule has 1 atom stereocenters. The molecule has 0 unspecified atom stereocenters. The summed E-state index contributed by atoms with van der Waals surface area (Å²) in [5.74, 6) is 0.143. The molecule has 10 nitrogen and oxygen atoms in total. The molecule has 0 saturated carbocycles. The smallest absolute Gasteiger partial charge is 0.267 e. The molecule has 0 fully saturated rings. The van der Waals surface area contributed by atoms with Gasteiger partial charge in [0, 0.05) is 17.7 Å². The molecule has 2 amide bonds. The second-order valence-corrected chi connectivity index (χ2v) is 6.15. The number of nitrogens with two attached hydrogens (primary N) is 3. The SMILES string of the molecule is C[C@H](Nc1cc(C(N)=O)nc(-c2ccc(Oc3ccc(N)cn3)cc2)n1)C(N)=O. The number of anilines is 2. The van der Waals surface area contributed by atoms with Crippen LogP contribution in [0.3, 0.4) is 0 Å². The zero-order chi connectivity index (χ0) is 21.0. The fourth-order valence-electron chi connectivity index (χ4n) is 2.31. The minimum absolute atomic E-state index is 0.000529. The first kappa shape index (κ1) is 19.5. The van der Waals surface area contributed by atoms with E-state index in [-0.39, 0.29) is 17.3 Å². The lowest BCUT2D eigenvalue weighted by Crippen LogP contribution is -2.33. The third-order valence-electron chi connectivity index (χ3n) is 3.86. The number of primary amides is 2. The van der Waals surface area contributed by atoms with Crippen LogP contribution in [0, 0.1) is 0 Å². The average Bonchev–Trinajstić information content (AvgIpc) is 2.70. The van der Waals surface area contributed by atoms with Crippen molar-refractivity contribution >= 4 is 23.3 Å². The summed E-state index contributed by atoms with van der Waals surface area (Å²) < 4.78 is 5.64. The monoisotopic (exact) mass is 393 g/mol. The maximum atomic E-state index is 11.6. The van der Waals surface area contributed by atoms with Gasteiger partial charge < -0.3 is 27.3 Å². The summed E-state index contributed by atoms with van der Waals surface area (Å²) in [5.41, 5.74) is 17.4.